The van der Waals surface area contributed by atoms with E-state index in [9.17, 15) is 18.0 Å². The fourth-order valence-electron chi connectivity index (χ4n) is 5.77. The van der Waals surface area contributed by atoms with Crippen molar-refractivity contribution in [1.82, 2.24) is 10.2 Å². The molecule has 1 aliphatic carbocycles. The predicted octanol–water partition coefficient (Wildman–Crippen LogP) is 6.49. The summed E-state index contributed by atoms with van der Waals surface area (Å²) >= 11 is 3.47. The van der Waals surface area contributed by atoms with Gasteiger partial charge in [-0.1, -0.05) is 102 Å². The second kappa shape index (κ2) is 16.1. The van der Waals surface area contributed by atoms with E-state index in [2.05, 4.69) is 21.2 Å². The Hall–Kier alpha value is -4.15. The minimum atomic E-state index is -3.88. The Morgan fingerprint density at radius 3 is 2.02 bits per heavy atom. The van der Waals surface area contributed by atoms with Crippen molar-refractivity contribution >= 4 is 43.5 Å². The summed E-state index contributed by atoms with van der Waals surface area (Å²) in [6.45, 7) is 0.0261. The number of carbonyl (C=O) groups excluding carboxylic acids is 2. The molecule has 4 aromatic rings. The molecule has 1 aliphatic rings. The number of halogens is 1. The first-order valence-corrected chi connectivity index (χ1v) is 18.4. The van der Waals surface area contributed by atoms with Gasteiger partial charge in [-0.25, -0.2) is 8.42 Å². The largest absolute Gasteiger partial charge is 0.489 e. The molecule has 1 atom stereocenters. The molecule has 2 amide bonds. The highest BCUT2D eigenvalue weighted by Gasteiger charge is 2.34. The van der Waals surface area contributed by atoms with Crippen LogP contribution in [-0.2, 0) is 39.2 Å². The molecule has 47 heavy (non-hydrogen) atoms. The third-order valence-electron chi connectivity index (χ3n) is 8.29. The highest BCUT2D eigenvalue weighted by Crippen LogP contribution is 2.25. The second-order valence-corrected chi connectivity index (χ2v) is 14.7. The van der Waals surface area contributed by atoms with E-state index in [4.69, 9.17) is 4.74 Å². The van der Waals surface area contributed by atoms with Crippen LogP contribution in [0.4, 0.5) is 5.69 Å². The third kappa shape index (κ3) is 9.92. The molecule has 0 spiro atoms. The Morgan fingerprint density at radius 1 is 0.830 bits per heavy atom. The van der Waals surface area contributed by atoms with Crippen molar-refractivity contribution in [2.45, 2.75) is 57.3 Å². The van der Waals surface area contributed by atoms with E-state index in [1.165, 1.54) is 4.90 Å². The number of carbonyl (C=O) groups is 2. The lowest BCUT2D eigenvalue weighted by Gasteiger charge is -2.34. The van der Waals surface area contributed by atoms with Gasteiger partial charge in [0.2, 0.25) is 21.8 Å². The van der Waals surface area contributed by atoms with Crippen LogP contribution >= 0.6 is 15.9 Å². The van der Waals surface area contributed by atoms with E-state index in [0.717, 1.165) is 57.4 Å². The Labute approximate surface area is 285 Å². The van der Waals surface area contributed by atoms with Crippen molar-refractivity contribution in [2.75, 3.05) is 17.1 Å². The van der Waals surface area contributed by atoms with Crippen LogP contribution in [0.2, 0.25) is 0 Å². The van der Waals surface area contributed by atoms with Crippen molar-refractivity contribution in [3.8, 4) is 5.75 Å². The van der Waals surface area contributed by atoms with E-state index >= 15 is 0 Å². The summed E-state index contributed by atoms with van der Waals surface area (Å²) in [6, 6.07) is 32.7. The van der Waals surface area contributed by atoms with E-state index in [0.29, 0.717) is 18.0 Å². The molecule has 0 radical (unpaired) electrons. The SMILES string of the molecule is CS(=O)(=O)N(CC(=O)N(Cc1ccc(Br)cc1)[C@@H](Cc1ccccc1)C(=O)NC1CCCC1)c1ccc(OCc2ccccc2)cc1. The van der Waals surface area contributed by atoms with Gasteiger partial charge in [0.15, 0.2) is 0 Å². The van der Waals surface area contributed by atoms with Crippen LogP contribution in [-0.4, -0.2) is 50.0 Å². The van der Waals surface area contributed by atoms with Crippen LogP contribution < -0.4 is 14.4 Å². The minimum Gasteiger partial charge on any atom is -0.489 e. The fraction of sp³-hybridized carbons (Fsp3) is 0.297. The molecule has 1 saturated carbocycles. The average Bonchev–Trinajstić information content (AvgIpc) is 3.59. The summed E-state index contributed by atoms with van der Waals surface area (Å²) in [6.07, 6.45) is 5.26. The topological polar surface area (TPSA) is 96.0 Å². The zero-order chi connectivity index (χ0) is 33.2. The Kier molecular flexibility index (Phi) is 11.7. The molecular weight excluding hydrogens is 678 g/mol. The smallest absolute Gasteiger partial charge is 0.244 e. The molecule has 8 nitrogen and oxygen atoms in total. The number of nitrogens with one attached hydrogen (secondary N) is 1. The lowest BCUT2D eigenvalue weighted by molar-refractivity contribution is -0.140. The van der Waals surface area contributed by atoms with Gasteiger partial charge in [-0.15, -0.1) is 0 Å². The van der Waals surface area contributed by atoms with E-state index in [1.807, 2.05) is 84.9 Å². The van der Waals surface area contributed by atoms with Gasteiger partial charge in [0.25, 0.3) is 0 Å². The van der Waals surface area contributed by atoms with Crippen molar-refractivity contribution in [2.24, 2.45) is 0 Å². The standard InChI is InChI=1S/C37H40BrN3O5S/c1-47(44,45)41(33-20-22-34(23-21-33)46-27-30-12-6-3-7-13-30)26-36(42)40(25-29-16-18-31(38)19-17-29)35(24-28-10-4-2-5-11-28)37(43)39-32-14-8-9-15-32/h2-7,10-13,16-23,32,35H,8-9,14-15,24-27H2,1H3,(H,39,43)/t35-/m0/s1. The van der Waals surface area contributed by atoms with Crippen LogP contribution in [0.5, 0.6) is 5.75 Å². The maximum Gasteiger partial charge on any atom is 0.244 e. The van der Waals surface area contributed by atoms with Crippen LogP contribution in [0.1, 0.15) is 42.4 Å². The molecule has 4 aromatic carbocycles. The van der Waals surface area contributed by atoms with Crippen LogP contribution in [0, 0.1) is 0 Å². The molecule has 1 N–H and O–H groups in total. The quantitative estimate of drug-likeness (QED) is 0.161. The number of anilines is 1. The third-order valence-corrected chi connectivity index (χ3v) is 9.96. The van der Waals surface area contributed by atoms with Crippen LogP contribution in [0.25, 0.3) is 0 Å². The van der Waals surface area contributed by atoms with E-state index in [1.54, 1.807) is 24.3 Å². The first-order valence-electron chi connectivity index (χ1n) is 15.8. The number of ether oxygens (including phenoxy) is 1. The van der Waals surface area contributed by atoms with Gasteiger partial charge in [-0.05, 0) is 65.9 Å². The monoisotopic (exact) mass is 717 g/mol. The number of amides is 2. The molecule has 0 aliphatic heterocycles. The normalized spacial score (nSPS) is 13.9. The van der Waals surface area contributed by atoms with Crippen molar-refractivity contribution in [1.29, 1.82) is 0 Å². The Balaban J connectivity index is 1.42. The first kappa shape index (κ1) is 34.2. The number of nitrogens with zero attached hydrogens (tertiary/aromatic N) is 2. The van der Waals surface area contributed by atoms with Gasteiger partial charge >= 0.3 is 0 Å². The molecule has 246 valence electrons. The zero-order valence-corrected chi connectivity index (χ0v) is 28.8. The number of rotatable bonds is 14. The maximum absolute atomic E-state index is 14.4. The van der Waals surface area contributed by atoms with Gasteiger partial charge in [-0.2, -0.15) is 0 Å². The summed E-state index contributed by atoms with van der Waals surface area (Å²) in [7, 11) is -3.88. The molecule has 0 bridgehead atoms. The van der Waals surface area contributed by atoms with Gasteiger partial charge in [0, 0.05) is 23.5 Å². The van der Waals surface area contributed by atoms with Crippen molar-refractivity contribution in [3.63, 3.8) is 0 Å². The summed E-state index contributed by atoms with van der Waals surface area (Å²) in [4.78, 5) is 29.9. The highest BCUT2D eigenvalue weighted by atomic mass is 79.9. The van der Waals surface area contributed by atoms with Crippen LogP contribution in [0.15, 0.2) is 114 Å². The molecule has 0 unspecified atom stereocenters. The average molecular weight is 719 g/mol. The maximum atomic E-state index is 14.4. The summed E-state index contributed by atoms with van der Waals surface area (Å²) in [5.74, 6) is -0.150. The van der Waals surface area contributed by atoms with Gasteiger partial charge < -0.3 is 15.0 Å². The predicted molar refractivity (Wildman–Crippen MR) is 188 cm³/mol. The minimum absolute atomic E-state index is 0.0561. The van der Waals surface area contributed by atoms with Crippen LogP contribution in [0.3, 0.4) is 0 Å². The van der Waals surface area contributed by atoms with Crippen molar-refractivity contribution < 1.29 is 22.7 Å². The molecule has 5 rings (SSSR count). The Morgan fingerprint density at radius 2 is 1.43 bits per heavy atom. The number of benzene rings is 4. The molecule has 10 heteroatoms. The summed E-state index contributed by atoms with van der Waals surface area (Å²) in [5.41, 5.74) is 3.05. The first-order chi connectivity index (χ1) is 22.7. The van der Waals surface area contributed by atoms with Gasteiger partial charge in [0.05, 0.1) is 11.9 Å². The van der Waals surface area contributed by atoms with E-state index < -0.39 is 28.5 Å². The summed E-state index contributed by atoms with van der Waals surface area (Å²) < 4.78 is 34.1. The molecule has 0 heterocycles. The highest BCUT2D eigenvalue weighted by molar-refractivity contribution is 9.10. The number of sulfonamides is 1. The van der Waals surface area contributed by atoms with Crippen molar-refractivity contribution in [3.05, 3.63) is 130 Å². The van der Waals surface area contributed by atoms with Gasteiger partial charge in [-0.3, -0.25) is 13.9 Å². The molecule has 1 fully saturated rings. The van der Waals surface area contributed by atoms with E-state index in [-0.39, 0.29) is 24.9 Å². The zero-order valence-electron chi connectivity index (χ0n) is 26.4. The lowest BCUT2D eigenvalue weighted by atomic mass is 10.0. The Bertz CT molecular complexity index is 1710. The molecular formula is C37H40BrN3O5S. The number of hydrogen-bond donors (Lipinski definition) is 1. The van der Waals surface area contributed by atoms with Gasteiger partial charge in [0.1, 0.15) is 24.9 Å². The second-order valence-electron chi connectivity index (χ2n) is 11.9. The summed E-state index contributed by atoms with van der Waals surface area (Å²) in [5, 5.41) is 3.19. The molecule has 0 aromatic heterocycles. The fourth-order valence-corrected chi connectivity index (χ4v) is 6.89. The number of hydrogen-bond acceptors (Lipinski definition) is 5. The molecule has 0 saturated heterocycles. The lowest BCUT2D eigenvalue weighted by Crippen LogP contribution is -2.54.